The molecule has 3 heterocycles. The number of carbonyl (C=O) groups is 1. The molecule has 0 radical (unpaired) electrons. The normalized spacial score (nSPS) is 13.1. The van der Waals surface area contributed by atoms with E-state index in [1.807, 2.05) is 42.5 Å². The monoisotopic (exact) mass is 636 g/mol. The summed E-state index contributed by atoms with van der Waals surface area (Å²) in [5.74, 6) is -0.593. The Bertz CT molecular complexity index is 1940. The molecule has 5 aromatic rings. The molecule has 1 saturated heterocycles. The van der Waals surface area contributed by atoms with Crippen molar-refractivity contribution < 1.29 is 9.18 Å². The average Bonchev–Trinajstić information content (AvgIpc) is 3.50. The van der Waals surface area contributed by atoms with Gasteiger partial charge >= 0.3 is 5.69 Å². The fourth-order valence-electron chi connectivity index (χ4n) is 5.49. The smallest absolute Gasteiger partial charge is 0.354 e. The topological polar surface area (TPSA) is 171 Å². The molecule has 6 rings (SSSR count). The van der Waals surface area contributed by atoms with Crippen LogP contribution in [0.4, 0.5) is 15.8 Å². The first kappa shape index (κ1) is 31.5. The predicted molar refractivity (Wildman–Crippen MR) is 184 cm³/mol. The first-order chi connectivity index (χ1) is 22.8. The SMILES string of the molecule is NC(N)=NCCCNCc1ccc(-n2cc3cc(-c4cc(C(=O)Nc5ccc(F)cc5)cc(N5CCNCC5)c4)[nH]c3nc2=O)cc1. The second kappa shape index (κ2) is 14.3. The summed E-state index contributed by atoms with van der Waals surface area (Å²) in [6.45, 7) is 5.28. The van der Waals surface area contributed by atoms with E-state index >= 15 is 0 Å². The maximum absolute atomic E-state index is 13.4. The Hall–Kier alpha value is -5.53. The molecule has 12 nitrogen and oxygen atoms in total. The molecular formula is C34H37FN10O2. The zero-order valence-electron chi connectivity index (χ0n) is 25.8. The van der Waals surface area contributed by atoms with Crippen LogP contribution in [0.25, 0.3) is 28.0 Å². The van der Waals surface area contributed by atoms with Crippen molar-refractivity contribution in [2.75, 3.05) is 49.5 Å². The number of aliphatic imine (C=N–C) groups is 1. The standard InChI is InChI=1S/C34H37FN10O2/c35-26-4-6-27(7-5-26)41-32(46)24-16-23(17-29(18-24)44-14-12-38-13-15-44)30-19-25-21-45(34(47)43-31(25)42-30)28-8-2-22(3-9-28)20-39-10-1-11-40-33(36)37/h2-9,16-19,21,38-39H,1,10-15,20H2,(H,41,46)(H4,36,37,40)(H,42,43,47). The zero-order chi connectivity index (χ0) is 32.8. The van der Waals surface area contributed by atoms with Crippen molar-refractivity contribution in [2.45, 2.75) is 13.0 Å². The summed E-state index contributed by atoms with van der Waals surface area (Å²) >= 11 is 0. The second-order valence-electron chi connectivity index (χ2n) is 11.4. The Labute approximate surface area is 270 Å². The molecule has 1 aliphatic rings. The van der Waals surface area contributed by atoms with E-state index in [1.165, 1.54) is 28.8 Å². The van der Waals surface area contributed by atoms with E-state index in [0.717, 1.165) is 67.0 Å². The molecule has 1 aliphatic heterocycles. The number of H-pyrrole nitrogens is 1. The predicted octanol–water partition coefficient (Wildman–Crippen LogP) is 2.93. The third-order valence-electron chi connectivity index (χ3n) is 7.93. The number of hydrogen-bond donors (Lipinski definition) is 6. The average molecular weight is 637 g/mol. The van der Waals surface area contributed by atoms with E-state index < -0.39 is 5.69 Å². The van der Waals surface area contributed by atoms with Gasteiger partial charge in [-0.25, -0.2) is 9.18 Å². The van der Waals surface area contributed by atoms with Crippen LogP contribution in [0.2, 0.25) is 0 Å². The molecule has 0 bridgehead atoms. The number of nitrogens with two attached hydrogens (primary N) is 2. The molecule has 0 saturated carbocycles. The molecule has 1 amide bonds. The van der Waals surface area contributed by atoms with Crippen LogP contribution < -0.4 is 38.0 Å². The van der Waals surface area contributed by atoms with Gasteiger partial charge in [-0.3, -0.25) is 14.4 Å². The van der Waals surface area contributed by atoms with Gasteiger partial charge in [0.25, 0.3) is 5.91 Å². The minimum absolute atomic E-state index is 0.0950. The highest BCUT2D eigenvalue weighted by molar-refractivity contribution is 6.05. The zero-order valence-corrected chi connectivity index (χ0v) is 25.8. The van der Waals surface area contributed by atoms with Crippen molar-refractivity contribution in [3.05, 3.63) is 106 Å². The van der Waals surface area contributed by atoms with Crippen molar-refractivity contribution in [1.29, 1.82) is 0 Å². The van der Waals surface area contributed by atoms with Gasteiger partial charge in [0, 0.05) is 79.0 Å². The van der Waals surface area contributed by atoms with Crippen LogP contribution in [0.3, 0.4) is 0 Å². The number of piperazine rings is 1. The van der Waals surface area contributed by atoms with E-state index in [-0.39, 0.29) is 17.7 Å². The van der Waals surface area contributed by atoms with Gasteiger partial charge in [-0.1, -0.05) is 12.1 Å². The number of aromatic nitrogens is 3. The van der Waals surface area contributed by atoms with Crippen molar-refractivity contribution in [3.63, 3.8) is 0 Å². The number of rotatable bonds is 11. The van der Waals surface area contributed by atoms with Crippen LogP contribution in [-0.4, -0.2) is 65.7 Å². The van der Waals surface area contributed by atoms with E-state index in [9.17, 15) is 14.0 Å². The van der Waals surface area contributed by atoms with Crippen LogP contribution in [0.5, 0.6) is 0 Å². The van der Waals surface area contributed by atoms with Gasteiger partial charge in [-0.2, -0.15) is 4.98 Å². The van der Waals surface area contributed by atoms with Crippen LogP contribution >= 0.6 is 0 Å². The van der Waals surface area contributed by atoms with Crippen molar-refractivity contribution in [3.8, 4) is 16.9 Å². The third-order valence-corrected chi connectivity index (χ3v) is 7.93. The molecule has 0 spiro atoms. The van der Waals surface area contributed by atoms with Crippen LogP contribution in [-0.2, 0) is 6.54 Å². The maximum atomic E-state index is 13.4. The van der Waals surface area contributed by atoms with Crippen LogP contribution in [0, 0.1) is 5.82 Å². The molecule has 0 aliphatic carbocycles. The number of carbonyl (C=O) groups excluding carboxylic acids is 1. The Morgan fingerprint density at radius 1 is 0.979 bits per heavy atom. The maximum Gasteiger partial charge on any atom is 0.354 e. The fraction of sp³-hybridized carbons (Fsp3) is 0.235. The van der Waals surface area contributed by atoms with Crippen molar-refractivity contribution in [1.82, 2.24) is 25.2 Å². The van der Waals surface area contributed by atoms with Gasteiger partial charge in [0.2, 0.25) is 0 Å². The number of amides is 1. The second-order valence-corrected chi connectivity index (χ2v) is 11.4. The number of hydrogen-bond acceptors (Lipinski definition) is 7. The molecule has 1 fully saturated rings. The molecular weight excluding hydrogens is 599 g/mol. The number of guanidine groups is 1. The quantitative estimate of drug-likeness (QED) is 0.0730. The van der Waals surface area contributed by atoms with Gasteiger partial charge in [-0.15, -0.1) is 0 Å². The summed E-state index contributed by atoms with van der Waals surface area (Å²) in [6, 6.07) is 21.0. The Morgan fingerprint density at radius 2 is 1.74 bits per heavy atom. The number of fused-ring (bicyclic) bond motifs is 1. The lowest BCUT2D eigenvalue weighted by atomic mass is 10.0. The summed E-state index contributed by atoms with van der Waals surface area (Å²) < 4.78 is 14.9. The summed E-state index contributed by atoms with van der Waals surface area (Å²) in [5, 5.41) is 10.3. The summed E-state index contributed by atoms with van der Waals surface area (Å²) in [4.78, 5) is 40.3. The first-order valence-electron chi connectivity index (χ1n) is 15.5. The van der Waals surface area contributed by atoms with E-state index in [1.54, 1.807) is 12.3 Å². The highest BCUT2D eigenvalue weighted by atomic mass is 19.1. The summed E-state index contributed by atoms with van der Waals surface area (Å²) in [5.41, 5.74) is 15.9. The molecule has 0 atom stereocenters. The summed E-state index contributed by atoms with van der Waals surface area (Å²) in [6.07, 6.45) is 2.59. The highest BCUT2D eigenvalue weighted by Crippen LogP contribution is 2.29. The van der Waals surface area contributed by atoms with Crippen LogP contribution in [0.1, 0.15) is 22.3 Å². The van der Waals surface area contributed by atoms with Gasteiger partial charge in [-0.05, 0) is 79.2 Å². The number of nitrogens with zero attached hydrogens (tertiary/aromatic N) is 4. The molecule has 8 N–H and O–H groups in total. The van der Waals surface area contributed by atoms with E-state index in [2.05, 4.69) is 35.8 Å². The van der Waals surface area contributed by atoms with Gasteiger partial charge in [0.15, 0.2) is 5.96 Å². The van der Waals surface area contributed by atoms with Gasteiger partial charge < -0.3 is 37.3 Å². The van der Waals surface area contributed by atoms with Crippen molar-refractivity contribution >= 4 is 34.3 Å². The molecule has 242 valence electrons. The lowest BCUT2D eigenvalue weighted by molar-refractivity contribution is 0.102. The van der Waals surface area contributed by atoms with E-state index in [4.69, 9.17) is 11.5 Å². The molecule has 2 aromatic heterocycles. The lowest BCUT2D eigenvalue weighted by Crippen LogP contribution is -2.43. The first-order valence-corrected chi connectivity index (χ1v) is 15.5. The number of aromatic amines is 1. The molecule has 13 heteroatoms. The minimum Gasteiger partial charge on any atom is -0.370 e. The number of benzene rings is 3. The fourth-order valence-corrected chi connectivity index (χ4v) is 5.49. The number of halogens is 1. The minimum atomic E-state index is -0.412. The number of anilines is 2. The Balaban J connectivity index is 1.24. The molecule has 0 unspecified atom stereocenters. The highest BCUT2D eigenvalue weighted by Gasteiger charge is 2.18. The lowest BCUT2D eigenvalue weighted by Gasteiger charge is -2.30. The van der Waals surface area contributed by atoms with Crippen molar-refractivity contribution in [2.24, 2.45) is 16.5 Å². The number of nitrogens with one attached hydrogen (secondary N) is 4. The molecule has 47 heavy (non-hydrogen) atoms. The van der Waals surface area contributed by atoms with Gasteiger partial charge in [0.05, 0.1) is 5.69 Å². The van der Waals surface area contributed by atoms with Gasteiger partial charge in [0.1, 0.15) is 11.5 Å². The van der Waals surface area contributed by atoms with Crippen LogP contribution in [0.15, 0.2) is 88.8 Å². The third kappa shape index (κ3) is 7.83. The Morgan fingerprint density at radius 3 is 2.49 bits per heavy atom. The summed E-state index contributed by atoms with van der Waals surface area (Å²) in [7, 11) is 0. The van der Waals surface area contributed by atoms with E-state index in [0.29, 0.717) is 35.7 Å². The largest absolute Gasteiger partial charge is 0.370 e. The molecule has 3 aromatic carbocycles. The Kier molecular flexibility index (Phi) is 9.55.